The molecule has 1 atom stereocenters. The van der Waals surface area contributed by atoms with E-state index in [1.54, 1.807) is 0 Å². The van der Waals surface area contributed by atoms with Crippen molar-refractivity contribution in [3.8, 4) is 0 Å². The second-order valence-electron chi connectivity index (χ2n) is 7.32. The number of rotatable bonds is 5. The number of nitrogens with zero attached hydrogens (tertiary/aromatic N) is 4. The normalized spacial score (nSPS) is 21.2. The number of likely N-dealkylation sites (N-methyl/N-ethyl adjacent to an activating group) is 1. The molecule has 0 radical (unpaired) electrons. The van der Waals surface area contributed by atoms with Gasteiger partial charge in [0.1, 0.15) is 11.6 Å². The Morgan fingerprint density at radius 2 is 1.92 bits per heavy atom. The molecule has 2 fully saturated rings. The Kier molecular flexibility index (Phi) is 4.23. The lowest BCUT2D eigenvalue weighted by Crippen LogP contribution is -2.35. The van der Waals surface area contributed by atoms with Gasteiger partial charge in [-0.25, -0.2) is 9.97 Å². The zero-order valence-corrected chi connectivity index (χ0v) is 14.7. The van der Waals surface area contributed by atoms with Crippen molar-refractivity contribution in [3.63, 3.8) is 0 Å². The molecule has 1 aromatic heterocycles. The van der Waals surface area contributed by atoms with E-state index >= 15 is 0 Å². The lowest BCUT2D eigenvalue weighted by molar-refractivity contribution is 0.326. The first-order valence-corrected chi connectivity index (χ1v) is 9.03. The predicted molar refractivity (Wildman–Crippen MR) is 97.3 cm³/mol. The molecular weight excluding hydrogens is 296 g/mol. The van der Waals surface area contributed by atoms with Crippen molar-refractivity contribution in [2.24, 2.45) is 0 Å². The van der Waals surface area contributed by atoms with Gasteiger partial charge in [0.15, 0.2) is 0 Å². The maximum atomic E-state index is 4.79. The fraction of sp³-hybridized carbons (Fsp3) is 0.500. The zero-order valence-electron chi connectivity index (χ0n) is 14.7. The molecule has 126 valence electrons. The van der Waals surface area contributed by atoms with Gasteiger partial charge >= 0.3 is 0 Å². The third-order valence-electron chi connectivity index (χ3n) is 5.29. The smallest absolute Gasteiger partial charge is 0.133 e. The summed E-state index contributed by atoms with van der Waals surface area (Å²) in [6.45, 7) is 5.44. The highest BCUT2D eigenvalue weighted by Gasteiger charge is 2.29. The summed E-state index contributed by atoms with van der Waals surface area (Å²) < 4.78 is 0. The van der Waals surface area contributed by atoms with E-state index in [1.807, 2.05) is 6.20 Å². The van der Waals surface area contributed by atoms with Crippen molar-refractivity contribution in [1.82, 2.24) is 14.9 Å². The molecule has 1 aliphatic heterocycles. The van der Waals surface area contributed by atoms with Crippen LogP contribution in [-0.4, -0.2) is 41.0 Å². The van der Waals surface area contributed by atoms with Gasteiger partial charge in [-0.05, 0) is 37.8 Å². The molecule has 4 rings (SSSR count). The van der Waals surface area contributed by atoms with Crippen LogP contribution in [0.25, 0.3) is 0 Å². The summed E-state index contributed by atoms with van der Waals surface area (Å²) in [4.78, 5) is 14.1. The van der Waals surface area contributed by atoms with Gasteiger partial charge in [-0.2, -0.15) is 0 Å². The van der Waals surface area contributed by atoms with E-state index in [-0.39, 0.29) is 0 Å². The molecule has 24 heavy (non-hydrogen) atoms. The fourth-order valence-corrected chi connectivity index (χ4v) is 3.51. The highest BCUT2D eigenvalue weighted by atomic mass is 15.3. The van der Waals surface area contributed by atoms with Crippen molar-refractivity contribution in [2.75, 3.05) is 25.0 Å². The van der Waals surface area contributed by atoms with Crippen LogP contribution in [0.3, 0.4) is 0 Å². The highest BCUT2D eigenvalue weighted by Crippen LogP contribution is 2.38. The van der Waals surface area contributed by atoms with Gasteiger partial charge in [0, 0.05) is 44.8 Å². The first-order valence-electron chi connectivity index (χ1n) is 9.03. The fourth-order valence-electron chi connectivity index (χ4n) is 3.51. The number of anilines is 1. The topological polar surface area (TPSA) is 32.3 Å². The summed E-state index contributed by atoms with van der Waals surface area (Å²) in [5, 5.41) is 0. The van der Waals surface area contributed by atoms with E-state index in [4.69, 9.17) is 4.98 Å². The van der Waals surface area contributed by atoms with Gasteiger partial charge in [0.25, 0.3) is 0 Å². The maximum Gasteiger partial charge on any atom is 0.133 e. The van der Waals surface area contributed by atoms with Gasteiger partial charge in [-0.1, -0.05) is 29.8 Å². The molecule has 0 bridgehead atoms. The molecular formula is C20H26N4. The Labute approximate surface area is 144 Å². The highest BCUT2D eigenvalue weighted by molar-refractivity contribution is 5.39. The average molecular weight is 322 g/mol. The Hall–Kier alpha value is -1.94. The van der Waals surface area contributed by atoms with Crippen LogP contribution >= 0.6 is 0 Å². The molecule has 2 aromatic rings. The van der Waals surface area contributed by atoms with Crippen LogP contribution in [-0.2, 0) is 6.54 Å². The molecule has 0 N–H and O–H groups in total. The molecule has 1 saturated carbocycles. The van der Waals surface area contributed by atoms with Crippen LogP contribution in [0.15, 0.2) is 36.5 Å². The molecule has 4 heteroatoms. The third-order valence-corrected chi connectivity index (χ3v) is 5.29. The van der Waals surface area contributed by atoms with E-state index < -0.39 is 0 Å². The number of aromatic nitrogens is 2. The molecule has 2 aliphatic rings. The largest absolute Gasteiger partial charge is 0.355 e. The van der Waals surface area contributed by atoms with Crippen LogP contribution in [0.4, 0.5) is 5.82 Å². The number of benzene rings is 1. The summed E-state index contributed by atoms with van der Waals surface area (Å²) in [6.07, 6.45) is 5.62. The van der Waals surface area contributed by atoms with Crippen LogP contribution < -0.4 is 4.90 Å². The monoisotopic (exact) mass is 322 g/mol. The van der Waals surface area contributed by atoms with E-state index in [1.165, 1.54) is 30.4 Å². The predicted octanol–water partition coefficient (Wildman–Crippen LogP) is 3.37. The Bertz CT molecular complexity index is 693. The minimum Gasteiger partial charge on any atom is -0.355 e. The van der Waals surface area contributed by atoms with Gasteiger partial charge in [0.05, 0.1) is 0 Å². The number of hydrogen-bond acceptors (Lipinski definition) is 4. The molecule has 1 aliphatic carbocycles. The standard InChI is InChI=1S/C20H26N4/c1-15-3-5-16(6-4-15)13-24-12-10-18(14-24)23(2)19-9-11-21-20(22-19)17-7-8-17/h3-6,9,11,17-18H,7-8,10,12-14H2,1-2H3. The minimum absolute atomic E-state index is 0.539. The van der Waals surface area contributed by atoms with Gasteiger partial charge in [-0.15, -0.1) is 0 Å². The number of aryl methyl sites for hydroxylation is 1. The van der Waals surface area contributed by atoms with Crippen LogP contribution in [0, 0.1) is 6.92 Å². The van der Waals surface area contributed by atoms with Crippen molar-refractivity contribution in [2.45, 2.75) is 44.7 Å². The summed E-state index contributed by atoms with van der Waals surface area (Å²) >= 11 is 0. The number of hydrogen-bond donors (Lipinski definition) is 0. The van der Waals surface area contributed by atoms with Crippen molar-refractivity contribution < 1.29 is 0 Å². The van der Waals surface area contributed by atoms with Crippen molar-refractivity contribution in [3.05, 3.63) is 53.5 Å². The van der Waals surface area contributed by atoms with Gasteiger partial charge < -0.3 is 4.90 Å². The molecule has 0 spiro atoms. The zero-order chi connectivity index (χ0) is 16.5. The second-order valence-corrected chi connectivity index (χ2v) is 7.32. The Morgan fingerprint density at radius 3 is 2.67 bits per heavy atom. The Morgan fingerprint density at radius 1 is 1.12 bits per heavy atom. The SMILES string of the molecule is Cc1ccc(CN2CCC(N(C)c3ccnc(C4CC4)n3)C2)cc1. The van der Waals surface area contributed by atoms with Crippen LogP contribution in [0.2, 0.25) is 0 Å². The molecule has 1 saturated heterocycles. The molecule has 1 unspecified atom stereocenters. The van der Waals surface area contributed by atoms with E-state index in [0.29, 0.717) is 12.0 Å². The average Bonchev–Trinajstić information content (AvgIpc) is 3.36. The first kappa shape index (κ1) is 15.6. The molecule has 0 amide bonds. The Balaban J connectivity index is 1.38. The van der Waals surface area contributed by atoms with Crippen molar-refractivity contribution >= 4 is 5.82 Å². The maximum absolute atomic E-state index is 4.79. The second kappa shape index (κ2) is 6.52. The summed E-state index contributed by atoms with van der Waals surface area (Å²) in [7, 11) is 2.18. The lowest BCUT2D eigenvalue weighted by Gasteiger charge is -2.26. The van der Waals surface area contributed by atoms with E-state index in [2.05, 4.69) is 59.1 Å². The molecule has 4 nitrogen and oxygen atoms in total. The van der Waals surface area contributed by atoms with Crippen molar-refractivity contribution in [1.29, 1.82) is 0 Å². The summed E-state index contributed by atoms with van der Waals surface area (Å²) in [6, 6.07) is 11.5. The minimum atomic E-state index is 0.539. The molecule has 1 aromatic carbocycles. The van der Waals surface area contributed by atoms with Crippen LogP contribution in [0.5, 0.6) is 0 Å². The van der Waals surface area contributed by atoms with Gasteiger partial charge in [0.2, 0.25) is 0 Å². The third kappa shape index (κ3) is 3.44. The number of likely N-dealkylation sites (tertiary alicyclic amines) is 1. The first-order chi connectivity index (χ1) is 11.7. The van der Waals surface area contributed by atoms with Gasteiger partial charge in [-0.3, -0.25) is 4.90 Å². The summed E-state index contributed by atoms with van der Waals surface area (Å²) in [5.41, 5.74) is 2.73. The summed E-state index contributed by atoms with van der Waals surface area (Å²) in [5.74, 6) is 2.72. The molecule has 2 heterocycles. The quantitative estimate of drug-likeness (QED) is 0.845. The van der Waals surface area contributed by atoms with Crippen LogP contribution in [0.1, 0.15) is 42.1 Å². The van der Waals surface area contributed by atoms with E-state index in [9.17, 15) is 0 Å². The lowest BCUT2D eigenvalue weighted by atomic mass is 10.1. The van der Waals surface area contributed by atoms with E-state index in [0.717, 1.165) is 31.3 Å².